The van der Waals surface area contributed by atoms with Gasteiger partial charge in [0.05, 0.1) is 30.0 Å². The van der Waals surface area contributed by atoms with Gasteiger partial charge in [-0.3, -0.25) is 14.5 Å². The quantitative estimate of drug-likeness (QED) is 0.706. The van der Waals surface area contributed by atoms with E-state index in [1.54, 1.807) is 0 Å². The summed E-state index contributed by atoms with van der Waals surface area (Å²) in [6.07, 6.45) is -0.808. The number of nitrogen functional groups attached to an aromatic ring is 1. The van der Waals surface area contributed by atoms with Crippen LogP contribution >= 0.6 is 0 Å². The van der Waals surface area contributed by atoms with Gasteiger partial charge in [0, 0.05) is 55.1 Å². The van der Waals surface area contributed by atoms with Crippen molar-refractivity contribution in [3.8, 4) is 11.3 Å². The number of piperazine rings is 1. The summed E-state index contributed by atoms with van der Waals surface area (Å²) < 4.78 is 47.7. The highest BCUT2D eigenvalue weighted by atomic mass is 19.4. The molecule has 2 aliphatic heterocycles. The van der Waals surface area contributed by atoms with Gasteiger partial charge in [-0.05, 0) is 57.7 Å². The second kappa shape index (κ2) is 7.91. The minimum atomic E-state index is -4.55. The number of halogens is 3. The Morgan fingerprint density at radius 3 is 2.46 bits per heavy atom. The molecule has 190 valence electrons. The standard InChI is InChI=1S/C25H33F3N6O/c1-14(2)34-21(9-20(31-34)15-6-19(25(26,27)28)23(29)30-10-15)22-17-7-16(8-18(17)22)33-5-4-32(3)24(11-33)12-35-13-24/h6,9-10,14,16-18,22H,4-5,7-8,11-13H2,1-3H3,(H2,29,30)/t16-,17-,18+,22+. The Kier molecular flexibility index (Phi) is 5.26. The molecule has 2 saturated carbocycles. The Bertz CT molecular complexity index is 1110. The normalized spacial score (nSPS) is 30.6. The van der Waals surface area contributed by atoms with Crippen molar-refractivity contribution in [2.75, 3.05) is 45.6 Å². The molecule has 2 aliphatic carbocycles. The van der Waals surface area contributed by atoms with Crippen molar-refractivity contribution in [1.29, 1.82) is 0 Å². The smallest absolute Gasteiger partial charge is 0.383 e. The van der Waals surface area contributed by atoms with E-state index in [2.05, 4.69) is 35.7 Å². The van der Waals surface area contributed by atoms with E-state index in [0.29, 0.717) is 35.1 Å². The van der Waals surface area contributed by atoms with Crippen LogP contribution in [0.1, 0.15) is 49.9 Å². The lowest BCUT2D eigenvalue weighted by molar-refractivity contribution is -0.166. The topological polar surface area (TPSA) is 72.4 Å². The summed E-state index contributed by atoms with van der Waals surface area (Å²) >= 11 is 0. The molecule has 4 heterocycles. The average molecular weight is 491 g/mol. The highest BCUT2D eigenvalue weighted by Crippen LogP contribution is 2.64. The van der Waals surface area contributed by atoms with E-state index in [-0.39, 0.29) is 11.6 Å². The number of pyridine rings is 1. The van der Waals surface area contributed by atoms with E-state index in [9.17, 15) is 13.2 Å². The Balaban J connectivity index is 1.20. The predicted octanol–water partition coefficient (Wildman–Crippen LogP) is 3.64. The van der Waals surface area contributed by atoms with Crippen LogP contribution in [0.25, 0.3) is 11.3 Å². The average Bonchev–Trinajstić information content (AvgIpc) is 3.13. The van der Waals surface area contributed by atoms with Crippen molar-refractivity contribution in [2.45, 2.75) is 56.4 Å². The number of nitrogens with zero attached hydrogens (tertiary/aromatic N) is 5. The molecule has 0 unspecified atom stereocenters. The lowest BCUT2D eigenvalue weighted by atomic mass is 9.90. The van der Waals surface area contributed by atoms with Gasteiger partial charge in [0.15, 0.2) is 0 Å². The minimum absolute atomic E-state index is 0.121. The van der Waals surface area contributed by atoms with Crippen molar-refractivity contribution >= 4 is 5.82 Å². The van der Waals surface area contributed by atoms with Gasteiger partial charge in [-0.2, -0.15) is 18.3 Å². The van der Waals surface area contributed by atoms with Crippen LogP contribution in [-0.2, 0) is 10.9 Å². The summed E-state index contributed by atoms with van der Waals surface area (Å²) in [6, 6.07) is 3.77. The lowest BCUT2D eigenvalue weighted by Gasteiger charge is -2.55. The summed E-state index contributed by atoms with van der Waals surface area (Å²) in [6.45, 7) is 9.05. The number of alkyl halides is 3. The van der Waals surface area contributed by atoms with Crippen LogP contribution in [0.4, 0.5) is 19.0 Å². The Labute approximate surface area is 203 Å². The number of fused-ring (bicyclic) bond motifs is 1. The molecule has 7 nitrogen and oxygen atoms in total. The molecule has 2 saturated heterocycles. The first-order chi connectivity index (χ1) is 16.6. The first-order valence-electron chi connectivity index (χ1n) is 12.5. The number of hydrogen-bond donors (Lipinski definition) is 1. The highest BCUT2D eigenvalue weighted by molar-refractivity contribution is 5.63. The van der Waals surface area contributed by atoms with Crippen LogP contribution < -0.4 is 5.73 Å². The SMILES string of the molecule is CC(C)n1nc(-c2cnc(N)c(C(F)(F)F)c2)cc1[C@H]1[C@@H]2C[C@@H](N3CCN(C)C4(COC4)C3)C[C@@H]21. The van der Waals surface area contributed by atoms with E-state index in [1.807, 2.05) is 10.7 Å². The summed E-state index contributed by atoms with van der Waals surface area (Å²) in [4.78, 5) is 8.94. The maximum absolute atomic E-state index is 13.4. The van der Waals surface area contributed by atoms with E-state index >= 15 is 0 Å². The van der Waals surface area contributed by atoms with Gasteiger partial charge in [0.25, 0.3) is 0 Å². The molecule has 4 atom stereocenters. The highest BCUT2D eigenvalue weighted by Gasteiger charge is 2.59. The number of ether oxygens (including phenoxy) is 1. The molecule has 0 aromatic carbocycles. The van der Waals surface area contributed by atoms with Crippen LogP contribution in [0, 0.1) is 11.8 Å². The maximum Gasteiger partial charge on any atom is 0.419 e. The zero-order valence-corrected chi connectivity index (χ0v) is 20.4. The lowest BCUT2D eigenvalue weighted by Crippen LogP contribution is -2.71. The van der Waals surface area contributed by atoms with Crippen molar-refractivity contribution in [2.24, 2.45) is 11.8 Å². The van der Waals surface area contributed by atoms with Gasteiger partial charge in [-0.15, -0.1) is 0 Å². The number of aromatic nitrogens is 3. The maximum atomic E-state index is 13.4. The minimum Gasteiger partial charge on any atom is -0.383 e. The summed E-state index contributed by atoms with van der Waals surface area (Å²) in [5.41, 5.74) is 6.79. The molecule has 35 heavy (non-hydrogen) atoms. The van der Waals surface area contributed by atoms with Crippen molar-refractivity contribution in [1.82, 2.24) is 24.6 Å². The van der Waals surface area contributed by atoms with Gasteiger partial charge in [0.2, 0.25) is 0 Å². The molecule has 10 heteroatoms. The fraction of sp³-hybridized carbons (Fsp3) is 0.680. The van der Waals surface area contributed by atoms with Crippen LogP contribution in [0.15, 0.2) is 18.3 Å². The molecular weight excluding hydrogens is 457 g/mol. The first-order valence-corrected chi connectivity index (χ1v) is 12.5. The first kappa shape index (κ1) is 23.2. The third-order valence-electron chi connectivity index (χ3n) is 8.82. The Hall–Kier alpha value is -2.17. The molecule has 2 N–H and O–H groups in total. The summed E-state index contributed by atoms with van der Waals surface area (Å²) in [5.74, 6) is 1.15. The molecule has 1 spiro atoms. The molecular formula is C25H33F3N6O. The largest absolute Gasteiger partial charge is 0.419 e. The second-order valence-electron chi connectivity index (χ2n) is 11.2. The number of anilines is 1. The monoisotopic (exact) mass is 490 g/mol. The molecule has 2 aromatic rings. The second-order valence-corrected chi connectivity index (χ2v) is 11.2. The molecule has 2 aromatic heterocycles. The van der Waals surface area contributed by atoms with Crippen LogP contribution in [0.2, 0.25) is 0 Å². The van der Waals surface area contributed by atoms with Crippen molar-refractivity contribution < 1.29 is 17.9 Å². The van der Waals surface area contributed by atoms with Crippen LogP contribution in [0.5, 0.6) is 0 Å². The van der Waals surface area contributed by atoms with E-state index in [4.69, 9.17) is 15.6 Å². The summed E-state index contributed by atoms with van der Waals surface area (Å²) in [7, 11) is 2.21. The van der Waals surface area contributed by atoms with Gasteiger partial charge >= 0.3 is 6.18 Å². The van der Waals surface area contributed by atoms with Gasteiger partial charge in [0.1, 0.15) is 5.82 Å². The van der Waals surface area contributed by atoms with E-state index < -0.39 is 17.6 Å². The zero-order valence-electron chi connectivity index (χ0n) is 20.4. The number of nitrogens with two attached hydrogens (primary N) is 1. The number of hydrogen-bond acceptors (Lipinski definition) is 6. The van der Waals surface area contributed by atoms with E-state index in [1.165, 1.54) is 19.0 Å². The zero-order chi connectivity index (χ0) is 24.7. The fourth-order valence-corrected chi connectivity index (χ4v) is 6.66. The number of likely N-dealkylation sites (N-methyl/N-ethyl adjacent to an activating group) is 1. The van der Waals surface area contributed by atoms with Gasteiger partial charge in [-0.25, -0.2) is 4.98 Å². The van der Waals surface area contributed by atoms with Crippen molar-refractivity contribution in [3.05, 3.63) is 29.6 Å². The Morgan fingerprint density at radius 1 is 1.14 bits per heavy atom. The molecule has 4 fully saturated rings. The number of rotatable bonds is 4. The van der Waals surface area contributed by atoms with Crippen molar-refractivity contribution in [3.63, 3.8) is 0 Å². The molecule has 0 radical (unpaired) electrons. The third kappa shape index (κ3) is 3.76. The fourth-order valence-electron chi connectivity index (χ4n) is 6.66. The van der Waals surface area contributed by atoms with Crippen LogP contribution in [0.3, 0.4) is 0 Å². The summed E-state index contributed by atoms with van der Waals surface area (Å²) in [5, 5.41) is 4.71. The molecule has 4 aliphatic rings. The van der Waals surface area contributed by atoms with E-state index in [0.717, 1.165) is 44.6 Å². The molecule has 6 rings (SSSR count). The van der Waals surface area contributed by atoms with Gasteiger partial charge in [-0.1, -0.05) is 0 Å². The van der Waals surface area contributed by atoms with Gasteiger partial charge < -0.3 is 10.5 Å². The molecule has 0 amide bonds. The molecule has 0 bridgehead atoms. The third-order valence-corrected chi connectivity index (χ3v) is 8.82. The predicted molar refractivity (Wildman–Crippen MR) is 126 cm³/mol. The Morgan fingerprint density at radius 2 is 1.86 bits per heavy atom. The van der Waals surface area contributed by atoms with Crippen LogP contribution in [-0.4, -0.2) is 76.0 Å².